The van der Waals surface area contributed by atoms with Crippen LogP contribution in [0.4, 0.5) is 0 Å². The van der Waals surface area contributed by atoms with Gasteiger partial charge < -0.3 is 11.5 Å². The van der Waals surface area contributed by atoms with Crippen molar-refractivity contribution in [3.63, 3.8) is 0 Å². The molecule has 0 aromatic carbocycles. The lowest BCUT2D eigenvalue weighted by Gasteiger charge is -1.84. The molecule has 0 aliphatic rings. The molecule has 0 spiro atoms. The van der Waals surface area contributed by atoms with Crippen LogP contribution in [0, 0.1) is 0 Å². The van der Waals surface area contributed by atoms with E-state index in [1.807, 2.05) is 0 Å². The van der Waals surface area contributed by atoms with E-state index in [1.54, 1.807) is 0 Å². The predicted octanol–water partition coefficient (Wildman–Crippen LogP) is -0.922. The third-order valence-electron chi connectivity index (χ3n) is 0.243. The van der Waals surface area contributed by atoms with Crippen LogP contribution in [0.5, 0.6) is 0 Å². The number of nitrogens with zero attached hydrogens (tertiary/aromatic N) is 1. The van der Waals surface area contributed by atoms with Crippen molar-refractivity contribution in [2.24, 2.45) is 11.5 Å². The highest BCUT2D eigenvalue weighted by Gasteiger charge is 1.84. The molecule has 0 aliphatic carbocycles. The van der Waals surface area contributed by atoms with Gasteiger partial charge in [0.25, 0.3) is 0 Å². The Labute approximate surface area is 52.6 Å². The van der Waals surface area contributed by atoms with E-state index in [-0.39, 0.29) is 16.1 Å². The van der Waals surface area contributed by atoms with Gasteiger partial charge in [0.05, 0.1) is 0 Å². The minimum atomic E-state index is 0. The summed E-state index contributed by atoms with van der Waals surface area (Å²) in [6.45, 7) is 0. The van der Waals surface area contributed by atoms with Gasteiger partial charge in [-0.15, -0.1) is 0 Å². The van der Waals surface area contributed by atoms with Crippen LogP contribution in [-0.4, -0.2) is 9.98 Å². The SMILES string of the molecule is NC(=S)C(N)=S.[N]. The molecule has 3 radical (unpaired) electrons. The molecular formula is C2H4N3S2. The van der Waals surface area contributed by atoms with Crippen molar-refractivity contribution in [2.45, 2.75) is 0 Å². The van der Waals surface area contributed by atoms with Crippen molar-refractivity contribution < 1.29 is 0 Å². The van der Waals surface area contributed by atoms with E-state index < -0.39 is 0 Å². The molecule has 0 saturated heterocycles. The van der Waals surface area contributed by atoms with E-state index in [1.165, 1.54) is 0 Å². The van der Waals surface area contributed by atoms with Crippen molar-refractivity contribution in [1.29, 1.82) is 0 Å². The molecule has 0 bridgehead atoms. The first-order valence-corrected chi connectivity index (χ1v) is 2.05. The Morgan fingerprint density at radius 3 is 1.14 bits per heavy atom. The topological polar surface area (TPSA) is 82.5 Å². The third kappa shape index (κ3) is 5.74. The summed E-state index contributed by atoms with van der Waals surface area (Å²) in [6.07, 6.45) is 0. The molecule has 0 atom stereocenters. The molecule has 4 N–H and O–H groups in total. The molecule has 39 valence electrons. The van der Waals surface area contributed by atoms with Crippen LogP contribution in [0.1, 0.15) is 0 Å². The van der Waals surface area contributed by atoms with E-state index >= 15 is 0 Å². The highest BCUT2D eigenvalue weighted by atomic mass is 32.1. The lowest BCUT2D eigenvalue weighted by molar-refractivity contribution is 1.79. The summed E-state index contributed by atoms with van der Waals surface area (Å²) < 4.78 is 0. The first-order chi connectivity index (χ1) is 2.64. The summed E-state index contributed by atoms with van der Waals surface area (Å²) in [5.74, 6) is 0. The van der Waals surface area contributed by atoms with Crippen LogP contribution in [0.2, 0.25) is 0 Å². The first kappa shape index (κ1) is 9.88. The van der Waals surface area contributed by atoms with E-state index in [0.717, 1.165) is 0 Å². The van der Waals surface area contributed by atoms with Gasteiger partial charge in [-0.3, -0.25) is 0 Å². The van der Waals surface area contributed by atoms with Crippen molar-refractivity contribution in [3.05, 3.63) is 0 Å². The van der Waals surface area contributed by atoms with Crippen molar-refractivity contribution in [3.8, 4) is 0 Å². The van der Waals surface area contributed by atoms with Gasteiger partial charge in [0, 0.05) is 6.15 Å². The van der Waals surface area contributed by atoms with Gasteiger partial charge in [-0.05, 0) is 0 Å². The normalized spacial score (nSPS) is 6.29. The van der Waals surface area contributed by atoms with Crippen molar-refractivity contribution >= 4 is 34.4 Å². The summed E-state index contributed by atoms with van der Waals surface area (Å²) in [7, 11) is 0. The monoisotopic (exact) mass is 134 g/mol. The summed E-state index contributed by atoms with van der Waals surface area (Å²) in [4.78, 5) is 0.204. The predicted molar refractivity (Wildman–Crippen MR) is 35.7 cm³/mol. The molecule has 0 fully saturated rings. The van der Waals surface area contributed by atoms with Crippen LogP contribution in [0.3, 0.4) is 0 Å². The fourth-order valence-corrected chi connectivity index (χ4v) is 0. The molecule has 0 aromatic rings. The smallest absolute Gasteiger partial charge is 0.131 e. The minimum absolute atomic E-state index is 0. The molecule has 0 aliphatic heterocycles. The second-order valence-electron chi connectivity index (χ2n) is 0.729. The molecular weight excluding hydrogens is 130 g/mol. The maximum absolute atomic E-state index is 4.90. The fraction of sp³-hybridized carbons (Fsp3) is 0. The summed E-state index contributed by atoms with van der Waals surface area (Å²) >= 11 is 8.66. The largest absolute Gasteiger partial charge is 0.388 e. The first-order valence-electron chi connectivity index (χ1n) is 1.24. The highest BCUT2D eigenvalue weighted by molar-refractivity contribution is 7.89. The number of rotatable bonds is 0. The van der Waals surface area contributed by atoms with Crippen molar-refractivity contribution in [1.82, 2.24) is 6.15 Å². The lowest BCUT2D eigenvalue weighted by atomic mass is 10.7. The van der Waals surface area contributed by atoms with Crippen LogP contribution in [-0.2, 0) is 0 Å². The third-order valence-corrected chi connectivity index (χ3v) is 0.812. The second-order valence-corrected chi connectivity index (χ2v) is 1.61. The molecule has 0 saturated carbocycles. The molecule has 0 amide bonds. The second kappa shape index (κ2) is 3.91. The Morgan fingerprint density at radius 2 is 1.14 bits per heavy atom. The van der Waals surface area contributed by atoms with Gasteiger partial charge >= 0.3 is 0 Å². The molecule has 0 aromatic heterocycles. The average molecular weight is 134 g/mol. The van der Waals surface area contributed by atoms with Gasteiger partial charge in [0.1, 0.15) is 9.98 Å². The Bertz CT molecular complexity index is 76.9. The molecule has 0 heterocycles. The van der Waals surface area contributed by atoms with Crippen molar-refractivity contribution in [2.75, 3.05) is 0 Å². The Kier molecular flexibility index (Phi) is 5.53. The molecule has 0 rings (SSSR count). The zero-order valence-electron chi connectivity index (χ0n) is 3.42. The van der Waals surface area contributed by atoms with Gasteiger partial charge in [0.15, 0.2) is 0 Å². The summed E-state index contributed by atoms with van der Waals surface area (Å²) in [5.41, 5.74) is 9.80. The molecule has 3 nitrogen and oxygen atoms in total. The van der Waals surface area contributed by atoms with E-state index in [9.17, 15) is 0 Å². The summed E-state index contributed by atoms with van der Waals surface area (Å²) in [6, 6.07) is 0. The van der Waals surface area contributed by atoms with Crippen LogP contribution in [0.15, 0.2) is 0 Å². The molecule has 7 heavy (non-hydrogen) atoms. The van der Waals surface area contributed by atoms with Crippen LogP contribution in [0.25, 0.3) is 0 Å². The Morgan fingerprint density at radius 1 is 1.00 bits per heavy atom. The number of hydrogen-bond donors (Lipinski definition) is 2. The van der Waals surface area contributed by atoms with Crippen LogP contribution < -0.4 is 17.6 Å². The number of hydrogen-bond acceptors (Lipinski definition) is 2. The van der Waals surface area contributed by atoms with Gasteiger partial charge in [-0.25, -0.2) is 0 Å². The average Bonchev–Trinajstić information content (AvgIpc) is 1.36. The number of thiocarbonyl (C=S) groups is 2. The summed E-state index contributed by atoms with van der Waals surface area (Å²) in [5, 5.41) is 0. The Hall–Kier alpha value is -0.260. The molecule has 5 heteroatoms. The zero-order valence-corrected chi connectivity index (χ0v) is 5.05. The van der Waals surface area contributed by atoms with E-state index in [2.05, 4.69) is 24.4 Å². The number of nitrogens with two attached hydrogens (primary N) is 2. The maximum atomic E-state index is 4.90. The van der Waals surface area contributed by atoms with Gasteiger partial charge in [-0.2, -0.15) is 0 Å². The quantitative estimate of drug-likeness (QED) is 0.420. The molecule has 0 unspecified atom stereocenters. The minimum Gasteiger partial charge on any atom is -0.388 e. The van der Waals surface area contributed by atoms with E-state index in [0.29, 0.717) is 0 Å². The van der Waals surface area contributed by atoms with Gasteiger partial charge in [-0.1, -0.05) is 24.4 Å². The fourth-order valence-electron chi connectivity index (χ4n) is 0. The zero-order chi connectivity index (χ0) is 5.15. The Balaban J connectivity index is 0. The van der Waals surface area contributed by atoms with Crippen LogP contribution >= 0.6 is 24.4 Å². The standard InChI is InChI=1S/C2H4N2S2.N/c3-1(5)2(4)6;/h(H2,3,5)(H2,4,6);. The van der Waals surface area contributed by atoms with E-state index in [4.69, 9.17) is 11.5 Å². The lowest BCUT2D eigenvalue weighted by Crippen LogP contribution is -2.26. The van der Waals surface area contributed by atoms with Gasteiger partial charge in [0.2, 0.25) is 0 Å². The maximum Gasteiger partial charge on any atom is 0.131 e. The highest BCUT2D eigenvalue weighted by Crippen LogP contribution is 1.62.